The molecule has 0 bridgehead atoms. The van der Waals surface area contributed by atoms with Crippen LogP contribution in [0, 0.1) is 0 Å². The lowest BCUT2D eigenvalue weighted by Crippen LogP contribution is -2.41. The second kappa shape index (κ2) is 7.95. The molecule has 0 N–H and O–H groups in total. The van der Waals surface area contributed by atoms with Crippen LogP contribution < -0.4 is 0 Å². The topological polar surface area (TPSA) is 55.8 Å². The van der Waals surface area contributed by atoms with Gasteiger partial charge in [-0.3, -0.25) is 4.90 Å². The van der Waals surface area contributed by atoms with Gasteiger partial charge in [0, 0.05) is 6.54 Å². The predicted molar refractivity (Wildman–Crippen MR) is 67.2 cm³/mol. The lowest BCUT2D eigenvalue weighted by atomic mass is 10.2. The average Bonchev–Trinajstić information content (AvgIpc) is 2.85. The summed E-state index contributed by atoms with van der Waals surface area (Å²) in [5.74, 6) is -0.304. The van der Waals surface area contributed by atoms with Crippen molar-refractivity contribution in [3.8, 4) is 0 Å². The zero-order chi connectivity index (χ0) is 13.4. The molecule has 0 aliphatic carbocycles. The molecular formula is C13H23NO4. The van der Waals surface area contributed by atoms with Crippen LogP contribution in [0.3, 0.4) is 0 Å². The summed E-state index contributed by atoms with van der Waals surface area (Å²) in [6, 6.07) is -0.453. The van der Waals surface area contributed by atoms with Gasteiger partial charge in [-0.2, -0.15) is 0 Å². The second-order valence-electron chi connectivity index (χ2n) is 4.49. The number of nitrogens with zero attached hydrogens (tertiary/aromatic N) is 1. The maximum absolute atomic E-state index is 11.8. The Morgan fingerprint density at radius 3 is 2.61 bits per heavy atom. The Labute approximate surface area is 108 Å². The SMILES string of the molecule is CCCCOC(=O)N1CCCC1C(=O)OCCC. The number of unbranched alkanes of at least 4 members (excludes halogenated alkanes) is 1. The Hall–Kier alpha value is -1.26. The van der Waals surface area contributed by atoms with Gasteiger partial charge in [-0.15, -0.1) is 0 Å². The van der Waals surface area contributed by atoms with Gasteiger partial charge >= 0.3 is 12.1 Å². The van der Waals surface area contributed by atoms with Gasteiger partial charge in [0.2, 0.25) is 0 Å². The monoisotopic (exact) mass is 257 g/mol. The maximum Gasteiger partial charge on any atom is 0.410 e. The minimum atomic E-state index is -0.453. The number of carbonyl (C=O) groups is 2. The van der Waals surface area contributed by atoms with E-state index in [0.717, 1.165) is 25.7 Å². The molecular weight excluding hydrogens is 234 g/mol. The number of hydrogen-bond donors (Lipinski definition) is 0. The van der Waals surface area contributed by atoms with Crippen LogP contribution in [0.2, 0.25) is 0 Å². The molecule has 104 valence electrons. The van der Waals surface area contributed by atoms with Gasteiger partial charge in [-0.25, -0.2) is 9.59 Å². The molecule has 0 saturated carbocycles. The van der Waals surface area contributed by atoms with Crippen molar-refractivity contribution < 1.29 is 19.1 Å². The predicted octanol–water partition coefficient (Wildman–Crippen LogP) is 2.34. The molecule has 1 aliphatic heterocycles. The van der Waals surface area contributed by atoms with Crippen LogP contribution in [-0.2, 0) is 14.3 Å². The highest BCUT2D eigenvalue weighted by Gasteiger charge is 2.36. The molecule has 0 aromatic carbocycles. The molecule has 1 rings (SSSR count). The Bertz CT molecular complexity index is 280. The van der Waals surface area contributed by atoms with Crippen molar-refractivity contribution in [2.75, 3.05) is 19.8 Å². The van der Waals surface area contributed by atoms with Crippen molar-refractivity contribution in [2.24, 2.45) is 0 Å². The first-order chi connectivity index (χ1) is 8.70. The van der Waals surface area contributed by atoms with Crippen molar-refractivity contribution in [3.63, 3.8) is 0 Å². The van der Waals surface area contributed by atoms with E-state index in [2.05, 4.69) is 0 Å². The van der Waals surface area contributed by atoms with Gasteiger partial charge in [-0.1, -0.05) is 20.3 Å². The quantitative estimate of drug-likeness (QED) is 0.541. The maximum atomic E-state index is 11.8. The van der Waals surface area contributed by atoms with Crippen LogP contribution in [0.4, 0.5) is 4.79 Å². The Kier molecular flexibility index (Phi) is 6.54. The fourth-order valence-electron chi connectivity index (χ4n) is 1.92. The van der Waals surface area contributed by atoms with E-state index in [1.165, 1.54) is 4.90 Å². The molecule has 1 unspecified atom stereocenters. The minimum absolute atomic E-state index is 0.304. The normalized spacial score (nSPS) is 18.8. The van der Waals surface area contributed by atoms with Crippen LogP contribution in [0.1, 0.15) is 46.0 Å². The van der Waals surface area contributed by atoms with E-state index in [9.17, 15) is 9.59 Å². The second-order valence-corrected chi connectivity index (χ2v) is 4.49. The number of rotatable bonds is 6. The molecule has 5 nitrogen and oxygen atoms in total. The summed E-state index contributed by atoms with van der Waals surface area (Å²) in [7, 11) is 0. The summed E-state index contributed by atoms with van der Waals surface area (Å²) in [4.78, 5) is 25.1. The molecule has 0 spiro atoms. The number of hydrogen-bond acceptors (Lipinski definition) is 4. The number of ether oxygens (including phenoxy) is 2. The lowest BCUT2D eigenvalue weighted by Gasteiger charge is -2.22. The molecule has 1 atom stereocenters. The first-order valence-corrected chi connectivity index (χ1v) is 6.80. The molecule has 0 radical (unpaired) electrons. The van der Waals surface area contributed by atoms with Crippen LogP contribution >= 0.6 is 0 Å². The summed E-state index contributed by atoms with van der Waals surface area (Å²) >= 11 is 0. The molecule has 5 heteroatoms. The van der Waals surface area contributed by atoms with Crippen LogP contribution in [0.15, 0.2) is 0 Å². The summed E-state index contributed by atoms with van der Waals surface area (Å²) in [5, 5.41) is 0. The third-order valence-corrected chi connectivity index (χ3v) is 2.93. The van der Waals surface area contributed by atoms with E-state index in [0.29, 0.717) is 26.2 Å². The largest absolute Gasteiger partial charge is 0.464 e. The van der Waals surface area contributed by atoms with Gasteiger partial charge in [0.05, 0.1) is 13.2 Å². The van der Waals surface area contributed by atoms with Crippen LogP contribution in [0.25, 0.3) is 0 Å². The standard InChI is InChI=1S/C13H23NO4/c1-3-5-10-18-13(16)14-8-6-7-11(14)12(15)17-9-4-2/h11H,3-10H2,1-2H3. The molecule has 0 aromatic rings. The van der Waals surface area contributed by atoms with E-state index in [1.807, 2.05) is 13.8 Å². The fourth-order valence-corrected chi connectivity index (χ4v) is 1.92. The average molecular weight is 257 g/mol. The number of carbonyl (C=O) groups excluding carboxylic acids is 2. The summed E-state index contributed by atoms with van der Waals surface area (Å²) in [6.45, 7) is 5.39. The van der Waals surface area contributed by atoms with Crippen LogP contribution in [0.5, 0.6) is 0 Å². The Morgan fingerprint density at radius 1 is 1.17 bits per heavy atom. The first-order valence-electron chi connectivity index (χ1n) is 6.80. The molecule has 1 heterocycles. The first kappa shape index (κ1) is 14.8. The summed E-state index contributed by atoms with van der Waals surface area (Å²) in [5.41, 5.74) is 0. The summed E-state index contributed by atoms with van der Waals surface area (Å²) in [6.07, 6.45) is 3.73. The van der Waals surface area contributed by atoms with Crippen molar-refractivity contribution in [2.45, 2.75) is 52.0 Å². The molecule has 1 aliphatic rings. The van der Waals surface area contributed by atoms with Crippen molar-refractivity contribution in [3.05, 3.63) is 0 Å². The minimum Gasteiger partial charge on any atom is -0.464 e. The van der Waals surface area contributed by atoms with Crippen molar-refractivity contribution in [1.82, 2.24) is 4.90 Å². The van der Waals surface area contributed by atoms with Crippen LogP contribution in [-0.4, -0.2) is 42.8 Å². The lowest BCUT2D eigenvalue weighted by molar-refractivity contribution is -0.148. The van der Waals surface area contributed by atoms with Gasteiger partial charge in [0.1, 0.15) is 6.04 Å². The number of esters is 1. The zero-order valence-corrected chi connectivity index (χ0v) is 11.3. The van der Waals surface area contributed by atoms with E-state index >= 15 is 0 Å². The highest BCUT2D eigenvalue weighted by Crippen LogP contribution is 2.19. The fraction of sp³-hybridized carbons (Fsp3) is 0.846. The third kappa shape index (κ3) is 4.20. The van der Waals surface area contributed by atoms with E-state index in [4.69, 9.17) is 9.47 Å². The van der Waals surface area contributed by atoms with E-state index < -0.39 is 6.04 Å². The summed E-state index contributed by atoms with van der Waals surface area (Å²) < 4.78 is 10.2. The Balaban J connectivity index is 2.43. The smallest absolute Gasteiger partial charge is 0.410 e. The number of amides is 1. The molecule has 0 aromatic heterocycles. The molecule has 1 fully saturated rings. The molecule has 1 saturated heterocycles. The number of likely N-dealkylation sites (tertiary alicyclic amines) is 1. The Morgan fingerprint density at radius 2 is 1.94 bits per heavy atom. The van der Waals surface area contributed by atoms with Gasteiger partial charge in [-0.05, 0) is 25.7 Å². The van der Waals surface area contributed by atoms with Gasteiger partial charge in [0.15, 0.2) is 0 Å². The molecule has 18 heavy (non-hydrogen) atoms. The van der Waals surface area contributed by atoms with Crippen molar-refractivity contribution in [1.29, 1.82) is 0 Å². The van der Waals surface area contributed by atoms with E-state index in [-0.39, 0.29) is 12.1 Å². The molecule has 1 amide bonds. The highest BCUT2D eigenvalue weighted by atomic mass is 16.6. The third-order valence-electron chi connectivity index (χ3n) is 2.93. The van der Waals surface area contributed by atoms with Crippen molar-refractivity contribution >= 4 is 12.1 Å². The van der Waals surface area contributed by atoms with E-state index in [1.54, 1.807) is 0 Å². The zero-order valence-electron chi connectivity index (χ0n) is 11.3. The van der Waals surface area contributed by atoms with Gasteiger partial charge in [0.25, 0.3) is 0 Å². The highest BCUT2D eigenvalue weighted by molar-refractivity contribution is 5.82. The van der Waals surface area contributed by atoms with Gasteiger partial charge < -0.3 is 9.47 Å².